The van der Waals surface area contributed by atoms with Crippen LogP contribution in [0.3, 0.4) is 0 Å². The van der Waals surface area contributed by atoms with E-state index in [1.807, 2.05) is 104 Å². The Labute approximate surface area is 396 Å². The average molecular weight is 1010 g/mol. The molecule has 0 bridgehead atoms. The molecule has 0 saturated heterocycles. The molecule has 0 aliphatic rings. The van der Waals surface area contributed by atoms with Crippen LogP contribution in [0, 0.1) is 18.2 Å². The van der Waals surface area contributed by atoms with Crippen LogP contribution in [0.2, 0.25) is 0 Å². The number of benzene rings is 7. The van der Waals surface area contributed by atoms with Crippen molar-refractivity contribution in [3.8, 4) is 44.8 Å². The monoisotopic (exact) mass is 1010 g/mol. The molecule has 5 nitrogen and oxygen atoms in total. The fraction of sp³-hybridized carbons (Fsp3) is 0.0690. The number of hydrogen-bond acceptors (Lipinski definition) is 4. The van der Waals surface area contributed by atoms with E-state index >= 15 is 0 Å². The van der Waals surface area contributed by atoms with Gasteiger partial charge < -0.3 is 19.4 Å². The van der Waals surface area contributed by atoms with Crippen molar-refractivity contribution >= 4 is 49.0 Å². The maximum absolute atomic E-state index is 9.71. The van der Waals surface area contributed by atoms with Crippen LogP contribution in [-0.2, 0) is 45.6 Å². The van der Waals surface area contributed by atoms with Crippen LogP contribution < -0.4 is 0 Å². The second kappa shape index (κ2) is 16.7. The summed E-state index contributed by atoms with van der Waals surface area (Å²) in [4.78, 5) is 19.1. The van der Waals surface area contributed by atoms with E-state index in [2.05, 4.69) is 44.7 Å². The van der Waals surface area contributed by atoms with Gasteiger partial charge in [-0.1, -0.05) is 91.0 Å². The van der Waals surface area contributed by atoms with Crippen LogP contribution in [0.15, 0.2) is 183 Å². The molecular formula is C58H38IrN5. The average Bonchev–Trinajstić information content (AvgIpc) is 3.87. The smallest absolute Gasteiger partial charge is 0.341 e. The molecule has 0 saturated carbocycles. The third-order valence-electron chi connectivity index (χ3n) is 11.5. The summed E-state index contributed by atoms with van der Waals surface area (Å²) in [5.74, 6) is 0. The quantitative estimate of drug-likeness (QED) is 0.0778. The summed E-state index contributed by atoms with van der Waals surface area (Å²) < 4.78 is 78.8. The standard InChI is InChI=1S/C58H38N5.Ir/c1-3-13-42(14-4-1)51-29-27-38(34-59-51)23-25-40-31-41(26-24-39-28-30-52(60-35-39)43-15-5-2-6-16-43)33-44(32-40)45-17-7-8-18-46(45)50-36-61-56-49-21-11-12-22-53(49)63-37-62-57-48-20-10-9-19-47(48)54(50)55(56)58(57)63;/h1-13,15,17-20,22,27-37H,23-26H2;/q-3;+3/i23D2,24D2,25D2,26D2;. The minimum atomic E-state index is -2.83. The normalized spacial score (nSPS) is 14.3. The van der Waals surface area contributed by atoms with Crippen molar-refractivity contribution < 1.29 is 31.1 Å². The van der Waals surface area contributed by atoms with E-state index in [1.165, 1.54) is 30.6 Å². The first-order valence-corrected chi connectivity index (χ1v) is 20.6. The Morgan fingerprint density at radius 2 is 1.08 bits per heavy atom. The van der Waals surface area contributed by atoms with E-state index in [4.69, 9.17) is 9.97 Å². The largest absolute Gasteiger partial charge is 3.00 e. The van der Waals surface area contributed by atoms with Gasteiger partial charge in [-0.25, -0.2) is 4.98 Å². The molecular weight excluding hydrogens is 959 g/mol. The molecule has 0 radical (unpaired) electrons. The third kappa shape index (κ3) is 7.02. The van der Waals surface area contributed by atoms with Gasteiger partial charge in [0.1, 0.15) is 0 Å². The van der Waals surface area contributed by atoms with Crippen molar-refractivity contribution in [1.82, 2.24) is 24.3 Å². The molecule has 5 heterocycles. The molecule has 0 N–H and O–H groups in total. The van der Waals surface area contributed by atoms with Crippen LogP contribution in [0.25, 0.3) is 93.8 Å². The number of nitrogens with zero attached hydrogens (tertiary/aromatic N) is 5. The second-order valence-electron chi connectivity index (χ2n) is 15.3. The summed E-state index contributed by atoms with van der Waals surface area (Å²) in [5, 5.41) is 4.49. The maximum Gasteiger partial charge on any atom is 3.00 e. The van der Waals surface area contributed by atoms with E-state index < -0.39 is 25.5 Å². The van der Waals surface area contributed by atoms with Gasteiger partial charge in [-0.05, 0) is 103 Å². The summed E-state index contributed by atoms with van der Waals surface area (Å²) in [7, 11) is 0. The Balaban J connectivity index is 0.00000560. The van der Waals surface area contributed by atoms with Crippen molar-refractivity contribution in [2.24, 2.45) is 0 Å². The van der Waals surface area contributed by atoms with Gasteiger partial charge in [-0.15, -0.1) is 101 Å². The molecule has 0 aliphatic heterocycles. The second-order valence-corrected chi connectivity index (χ2v) is 15.3. The van der Waals surface area contributed by atoms with Crippen molar-refractivity contribution in [1.29, 1.82) is 0 Å². The Morgan fingerprint density at radius 3 is 1.72 bits per heavy atom. The van der Waals surface area contributed by atoms with Crippen molar-refractivity contribution in [3.63, 3.8) is 0 Å². The minimum absolute atomic E-state index is 0. The molecule has 0 atom stereocenters. The van der Waals surface area contributed by atoms with Gasteiger partial charge in [0.15, 0.2) is 0 Å². The number of hydrogen-bond donors (Lipinski definition) is 0. The molecule has 7 aromatic carbocycles. The zero-order valence-electron chi connectivity index (χ0n) is 41.9. The van der Waals surface area contributed by atoms with E-state index in [0.717, 1.165) is 54.6 Å². The molecule has 0 spiro atoms. The summed E-state index contributed by atoms with van der Waals surface area (Å²) in [5.41, 5.74) is 7.72. The molecule has 6 heteroatoms. The molecule has 0 unspecified atom stereocenters. The third-order valence-corrected chi connectivity index (χ3v) is 11.5. The van der Waals surface area contributed by atoms with Gasteiger partial charge in [0, 0.05) is 40.5 Å². The van der Waals surface area contributed by atoms with Gasteiger partial charge in [-0.3, -0.25) is 0 Å². The van der Waals surface area contributed by atoms with Crippen molar-refractivity contribution in [2.45, 2.75) is 25.5 Å². The van der Waals surface area contributed by atoms with E-state index in [0.29, 0.717) is 39.2 Å². The summed E-state index contributed by atoms with van der Waals surface area (Å²) >= 11 is 0. The zero-order valence-corrected chi connectivity index (χ0v) is 36.3. The topological polar surface area (TPSA) is 56.0 Å². The Hall–Kier alpha value is -7.37. The Morgan fingerprint density at radius 1 is 0.469 bits per heavy atom. The first-order valence-electron chi connectivity index (χ1n) is 24.6. The first kappa shape index (κ1) is 31.5. The van der Waals surface area contributed by atoms with Crippen LogP contribution in [0.5, 0.6) is 0 Å². The SMILES string of the molecule is [2H]C([2H])(c1ccc(-c2[c-]cccc2)nc1)C([2H])([2H])c1cc(-c2ccccc2-c2cnc3c4[c-]cccc4n4cnc5c6ccccc6c2c3c54)cc(C([2H])([2H])C([2H])([2H])c2ccc(-c3[c-]cccc3)nc2)c1.[Ir+3]. The van der Waals surface area contributed by atoms with Gasteiger partial charge in [0.25, 0.3) is 0 Å². The fourth-order valence-electron chi connectivity index (χ4n) is 8.65. The predicted molar refractivity (Wildman–Crippen MR) is 256 cm³/mol. The maximum atomic E-state index is 9.71. The number of pyridine rings is 4. The molecule has 0 aliphatic carbocycles. The molecule has 304 valence electrons. The Bertz CT molecular complexity index is 3860. The minimum Gasteiger partial charge on any atom is -0.341 e. The van der Waals surface area contributed by atoms with E-state index in [9.17, 15) is 11.0 Å². The van der Waals surface area contributed by atoms with Gasteiger partial charge in [0.2, 0.25) is 0 Å². The van der Waals surface area contributed by atoms with E-state index in [1.54, 1.807) is 36.4 Å². The number of imidazole rings is 1. The summed E-state index contributed by atoms with van der Waals surface area (Å²) in [6.45, 7) is 0. The van der Waals surface area contributed by atoms with E-state index in [-0.39, 0.29) is 42.4 Å². The molecule has 5 aromatic heterocycles. The number of aromatic nitrogens is 5. The molecule has 12 aromatic rings. The van der Waals surface area contributed by atoms with Crippen LogP contribution in [0.4, 0.5) is 0 Å². The number of fused-ring (bicyclic) bond motifs is 6. The Kier molecular flexibility index (Phi) is 8.22. The molecule has 12 rings (SSSR count). The van der Waals surface area contributed by atoms with Gasteiger partial charge in [-0.2, -0.15) is 0 Å². The number of aryl methyl sites for hydroxylation is 4. The molecule has 0 amide bonds. The number of rotatable bonds is 10. The fourth-order valence-corrected chi connectivity index (χ4v) is 8.65. The zero-order chi connectivity index (χ0) is 48.9. The van der Waals surface area contributed by atoms with Gasteiger partial charge >= 0.3 is 20.1 Å². The van der Waals surface area contributed by atoms with Crippen LogP contribution in [0.1, 0.15) is 33.2 Å². The van der Waals surface area contributed by atoms with Crippen LogP contribution >= 0.6 is 0 Å². The van der Waals surface area contributed by atoms with Crippen molar-refractivity contribution in [3.05, 3.63) is 223 Å². The molecule has 64 heavy (non-hydrogen) atoms. The summed E-state index contributed by atoms with van der Waals surface area (Å²) in [6.07, 6.45) is -4.81. The summed E-state index contributed by atoms with van der Waals surface area (Å²) in [6, 6.07) is 56.2. The van der Waals surface area contributed by atoms with Crippen molar-refractivity contribution in [2.75, 3.05) is 0 Å². The first-order chi connectivity index (χ1) is 34.3. The van der Waals surface area contributed by atoms with Gasteiger partial charge in [0.05, 0.1) is 17.4 Å². The molecule has 0 fully saturated rings. The van der Waals surface area contributed by atoms with Crippen LogP contribution in [-0.4, -0.2) is 24.3 Å². The predicted octanol–water partition coefficient (Wildman–Crippen LogP) is 13.2.